The fourth-order valence-electron chi connectivity index (χ4n) is 2.90. The average molecular weight is 341 g/mol. The van der Waals surface area contributed by atoms with Crippen LogP contribution in [-0.2, 0) is 0 Å². The second-order valence-electron chi connectivity index (χ2n) is 6.01. The first-order valence-electron chi connectivity index (χ1n) is 8.06. The number of hydrogen-bond donors (Lipinski definition) is 3. The Kier molecular flexibility index (Phi) is 4.83. The monoisotopic (exact) mass is 341 g/mol. The van der Waals surface area contributed by atoms with Gasteiger partial charge in [-0.05, 0) is 37.1 Å². The highest BCUT2D eigenvalue weighted by Crippen LogP contribution is 2.23. The van der Waals surface area contributed by atoms with Crippen LogP contribution in [0.15, 0.2) is 42.7 Å². The predicted octanol–water partition coefficient (Wildman–Crippen LogP) is 1.53. The number of hydrogen-bond acceptors (Lipinski definition) is 5. The largest absolute Gasteiger partial charge is 0.508 e. The van der Waals surface area contributed by atoms with Gasteiger partial charge < -0.3 is 20.4 Å². The molecule has 7 heteroatoms. The van der Waals surface area contributed by atoms with Crippen LogP contribution in [0.25, 0.3) is 0 Å². The number of phenols is 2. The van der Waals surface area contributed by atoms with Crippen molar-refractivity contribution in [3.8, 4) is 11.5 Å². The van der Waals surface area contributed by atoms with Crippen molar-refractivity contribution >= 4 is 11.8 Å². The van der Waals surface area contributed by atoms with Crippen molar-refractivity contribution in [2.24, 2.45) is 0 Å². The predicted molar refractivity (Wildman–Crippen MR) is 90.4 cm³/mol. The number of carbonyl (C=O) groups is 2. The van der Waals surface area contributed by atoms with Crippen LogP contribution in [0.2, 0.25) is 0 Å². The van der Waals surface area contributed by atoms with Crippen molar-refractivity contribution in [2.75, 3.05) is 13.1 Å². The van der Waals surface area contributed by atoms with E-state index in [1.165, 1.54) is 18.2 Å². The first kappa shape index (κ1) is 16.8. The van der Waals surface area contributed by atoms with E-state index in [2.05, 4.69) is 10.3 Å². The van der Waals surface area contributed by atoms with E-state index in [1.807, 2.05) is 0 Å². The normalized spacial score (nSPS) is 15.0. The minimum atomic E-state index is -0.245. The number of amides is 2. The van der Waals surface area contributed by atoms with Crippen LogP contribution < -0.4 is 5.32 Å². The fraction of sp³-hybridized carbons (Fsp3) is 0.278. The number of benzene rings is 1. The van der Waals surface area contributed by atoms with Gasteiger partial charge in [-0.1, -0.05) is 0 Å². The molecule has 25 heavy (non-hydrogen) atoms. The lowest BCUT2D eigenvalue weighted by atomic mass is 10.0. The fourth-order valence-corrected chi connectivity index (χ4v) is 2.90. The molecule has 1 aromatic carbocycles. The number of nitrogens with zero attached hydrogens (tertiary/aromatic N) is 2. The van der Waals surface area contributed by atoms with E-state index in [-0.39, 0.29) is 34.9 Å². The van der Waals surface area contributed by atoms with Gasteiger partial charge in [0, 0.05) is 48.7 Å². The Morgan fingerprint density at radius 3 is 2.20 bits per heavy atom. The third-order valence-electron chi connectivity index (χ3n) is 4.21. The summed E-state index contributed by atoms with van der Waals surface area (Å²) in [5.41, 5.74) is 0.806. The molecule has 0 spiro atoms. The van der Waals surface area contributed by atoms with E-state index in [0.717, 1.165) is 0 Å². The third-order valence-corrected chi connectivity index (χ3v) is 4.21. The molecule has 7 nitrogen and oxygen atoms in total. The zero-order valence-corrected chi connectivity index (χ0v) is 13.6. The summed E-state index contributed by atoms with van der Waals surface area (Å²) in [4.78, 5) is 30.2. The molecule has 0 saturated carbocycles. The number of aromatic nitrogens is 1. The Morgan fingerprint density at radius 1 is 1.00 bits per heavy atom. The van der Waals surface area contributed by atoms with Gasteiger partial charge in [0.05, 0.1) is 0 Å². The van der Waals surface area contributed by atoms with E-state index in [9.17, 15) is 19.8 Å². The lowest BCUT2D eigenvalue weighted by Gasteiger charge is -2.32. The van der Waals surface area contributed by atoms with Crippen LogP contribution in [0, 0.1) is 0 Å². The molecule has 1 aliphatic heterocycles. The van der Waals surface area contributed by atoms with E-state index < -0.39 is 0 Å². The molecule has 1 fully saturated rings. The highest BCUT2D eigenvalue weighted by atomic mass is 16.3. The zero-order valence-electron chi connectivity index (χ0n) is 13.6. The molecule has 0 aliphatic carbocycles. The summed E-state index contributed by atoms with van der Waals surface area (Å²) in [6.45, 7) is 0.993. The molecule has 1 saturated heterocycles. The average Bonchev–Trinajstić information content (AvgIpc) is 2.61. The van der Waals surface area contributed by atoms with Crippen molar-refractivity contribution in [1.29, 1.82) is 0 Å². The van der Waals surface area contributed by atoms with Gasteiger partial charge in [-0.3, -0.25) is 14.6 Å². The van der Waals surface area contributed by atoms with Crippen molar-refractivity contribution < 1.29 is 19.8 Å². The molecule has 3 N–H and O–H groups in total. The summed E-state index contributed by atoms with van der Waals surface area (Å²) in [5.74, 6) is -0.694. The maximum absolute atomic E-state index is 12.5. The van der Waals surface area contributed by atoms with Crippen LogP contribution in [0.4, 0.5) is 0 Å². The number of likely N-dealkylation sites (tertiary alicyclic amines) is 1. The summed E-state index contributed by atoms with van der Waals surface area (Å²) in [7, 11) is 0. The van der Waals surface area contributed by atoms with Crippen molar-refractivity contribution in [2.45, 2.75) is 18.9 Å². The number of rotatable bonds is 3. The van der Waals surface area contributed by atoms with E-state index in [0.29, 0.717) is 31.5 Å². The topological polar surface area (TPSA) is 103 Å². The van der Waals surface area contributed by atoms with Gasteiger partial charge >= 0.3 is 0 Å². The Hall–Kier alpha value is -3.09. The summed E-state index contributed by atoms with van der Waals surface area (Å²) < 4.78 is 0. The van der Waals surface area contributed by atoms with Crippen LogP contribution in [0.5, 0.6) is 11.5 Å². The minimum absolute atomic E-state index is 0.00212. The van der Waals surface area contributed by atoms with Gasteiger partial charge in [-0.2, -0.15) is 0 Å². The quantitative estimate of drug-likeness (QED) is 0.786. The van der Waals surface area contributed by atoms with Gasteiger partial charge in [0.15, 0.2) is 0 Å². The standard InChI is InChI=1S/C18H19N3O4/c22-15-9-13(10-16(23)11-15)18(25)21-7-3-14(4-8-21)20-17(24)12-1-5-19-6-2-12/h1-2,5-6,9-11,14,22-23H,3-4,7-8H2,(H,20,24). The third kappa shape index (κ3) is 4.06. The van der Waals surface area contributed by atoms with Gasteiger partial charge in [0.25, 0.3) is 11.8 Å². The minimum Gasteiger partial charge on any atom is -0.508 e. The summed E-state index contributed by atoms with van der Waals surface area (Å²) in [5, 5.41) is 22.0. The van der Waals surface area contributed by atoms with Crippen molar-refractivity contribution in [3.05, 3.63) is 53.9 Å². The summed E-state index contributed by atoms with van der Waals surface area (Å²) in [6.07, 6.45) is 4.43. The van der Waals surface area contributed by atoms with E-state index in [1.54, 1.807) is 29.4 Å². The first-order chi connectivity index (χ1) is 12.0. The highest BCUT2D eigenvalue weighted by Gasteiger charge is 2.25. The van der Waals surface area contributed by atoms with E-state index >= 15 is 0 Å². The lowest BCUT2D eigenvalue weighted by molar-refractivity contribution is 0.0697. The first-order valence-corrected chi connectivity index (χ1v) is 8.06. The van der Waals surface area contributed by atoms with Gasteiger partial charge in [-0.15, -0.1) is 0 Å². The molecule has 3 rings (SSSR count). The van der Waals surface area contributed by atoms with Crippen LogP contribution in [-0.4, -0.2) is 51.0 Å². The van der Waals surface area contributed by atoms with Crippen molar-refractivity contribution in [3.63, 3.8) is 0 Å². The molecule has 2 aromatic rings. The Bertz CT molecular complexity index is 751. The molecule has 2 heterocycles. The van der Waals surface area contributed by atoms with Crippen LogP contribution in [0.1, 0.15) is 33.6 Å². The number of piperidine rings is 1. The summed E-state index contributed by atoms with van der Waals surface area (Å²) >= 11 is 0. The molecular weight excluding hydrogens is 322 g/mol. The number of phenolic OH excluding ortho intramolecular Hbond substituents is 2. The molecule has 0 atom stereocenters. The zero-order chi connectivity index (χ0) is 17.8. The molecule has 1 aliphatic rings. The molecule has 0 unspecified atom stereocenters. The summed E-state index contributed by atoms with van der Waals surface area (Å²) in [6, 6.07) is 7.16. The second kappa shape index (κ2) is 7.21. The Balaban J connectivity index is 1.56. The number of carbonyl (C=O) groups excluding carboxylic acids is 2. The van der Waals surface area contributed by atoms with E-state index in [4.69, 9.17) is 0 Å². The molecule has 0 radical (unpaired) electrons. The number of nitrogens with one attached hydrogen (secondary N) is 1. The Morgan fingerprint density at radius 2 is 1.60 bits per heavy atom. The molecular formula is C18H19N3O4. The number of aromatic hydroxyl groups is 2. The Labute approximate surface area is 144 Å². The molecule has 1 aromatic heterocycles. The van der Waals surface area contributed by atoms with Gasteiger partial charge in [0.2, 0.25) is 0 Å². The van der Waals surface area contributed by atoms with Crippen LogP contribution >= 0.6 is 0 Å². The molecule has 130 valence electrons. The van der Waals surface area contributed by atoms with Gasteiger partial charge in [-0.25, -0.2) is 0 Å². The maximum Gasteiger partial charge on any atom is 0.254 e. The number of pyridine rings is 1. The molecule has 2 amide bonds. The maximum atomic E-state index is 12.5. The van der Waals surface area contributed by atoms with Crippen molar-refractivity contribution in [1.82, 2.24) is 15.2 Å². The van der Waals surface area contributed by atoms with Gasteiger partial charge in [0.1, 0.15) is 11.5 Å². The van der Waals surface area contributed by atoms with Crippen LogP contribution in [0.3, 0.4) is 0 Å². The molecule has 0 bridgehead atoms. The second-order valence-corrected chi connectivity index (χ2v) is 6.01. The lowest BCUT2D eigenvalue weighted by Crippen LogP contribution is -2.46. The SMILES string of the molecule is O=C(NC1CCN(C(=O)c2cc(O)cc(O)c2)CC1)c1ccncc1. The smallest absolute Gasteiger partial charge is 0.254 e. The highest BCUT2D eigenvalue weighted by molar-refractivity contribution is 5.95.